The molecule has 2 aromatic carbocycles. The Labute approximate surface area is 136 Å². The standard InChI is InChI=1S/C16H14ClF3N2O/c17-14-7-6-12(10-13(14)16(18,19)20)21-9-8-15(23)22-11-4-2-1-3-5-11/h1-7,10,21H,8-9H2,(H,22,23). The van der Waals surface area contributed by atoms with Crippen molar-refractivity contribution < 1.29 is 18.0 Å². The minimum atomic E-state index is -4.51. The van der Waals surface area contributed by atoms with Crippen LogP contribution in [0.4, 0.5) is 24.5 Å². The summed E-state index contributed by atoms with van der Waals surface area (Å²) in [5.74, 6) is -0.228. The Hall–Kier alpha value is -2.21. The van der Waals surface area contributed by atoms with Crippen molar-refractivity contribution in [1.82, 2.24) is 0 Å². The summed E-state index contributed by atoms with van der Waals surface area (Å²) >= 11 is 5.54. The first-order valence-corrected chi connectivity index (χ1v) is 7.19. The maximum absolute atomic E-state index is 12.7. The van der Waals surface area contributed by atoms with Gasteiger partial charge in [-0.25, -0.2) is 0 Å². The highest BCUT2D eigenvalue weighted by Gasteiger charge is 2.33. The van der Waals surface area contributed by atoms with Crippen molar-refractivity contribution in [1.29, 1.82) is 0 Å². The van der Waals surface area contributed by atoms with Crippen LogP contribution in [-0.4, -0.2) is 12.5 Å². The molecule has 0 aromatic heterocycles. The van der Waals surface area contributed by atoms with E-state index in [0.717, 1.165) is 6.07 Å². The number of para-hydroxylation sites is 1. The zero-order valence-electron chi connectivity index (χ0n) is 12.0. The van der Waals surface area contributed by atoms with Crippen LogP contribution in [0.15, 0.2) is 48.5 Å². The van der Waals surface area contributed by atoms with Crippen LogP contribution in [0.25, 0.3) is 0 Å². The second-order valence-electron chi connectivity index (χ2n) is 4.78. The highest BCUT2D eigenvalue weighted by molar-refractivity contribution is 6.31. The summed E-state index contributed by atoms with van der Waals surface area (Å²) in [4.78, 5) is 11.7. The van der Waals surface area contributed by atoms with Gasteiger partial charge < -0.3 is 10.6 Å². The molecule has 0 radical (unpaired) electrons. The third-order valence-corrected chi connectivity index (χ3v) is 3.34. The van der Waals surface area contributed by atoms with E-state index in [1.54, 1.807) is 24.3 Å². The normalized spacial score (nSPS) is 11.1. The third kappa shape index (κ3) is 5.17. The summed E-state index contributed by atoms with van der Waals surface area (Å²) in [6, 6.07) is 12.5. The van der Waals surface area contributed by atoms with Gasteiger partial charge in [0.2, 0.25) is 5.91 Å². The number of alkyl halides is 3. The van der Waals surface area contributed by atoms with E-state index in [9.17, 15) is 18.0 Å². The second kappa shape index (κ2) is 7.37. The van der Waals surface area contributed by atoms with Crippen LogP contribution < -0.4 is 10.6 Å². The second-order valence-corrected chi connectivity index (χ2v) is 5.19. The summed E-state index contributed by atoms with van der Waals surface area (Å²) < 4.78 is 38.2. The Morgan fingerprint density at radius 3 is 2.39 bits per heavy atom. The first-order valence-electron chi connectivity index (χ1n) is 6.82. The fourth-order valence-electron chi connectivity index (χ4n) is 1.92. The van der Waals surface area contributed by atoms with Crippen LogP contribution in [-0.2, 0) is 11.0 Å². The molecule has 23 heavy (non-hydrogen) atoms. The molecule has 2 N–H and O–H groups in total. The van der Waals surface area contributed by atoms with Gasteiger partial charge in [0.25, 0.3) is 0 Å². The number of halogens is 4. The number of nitrogens with one attached hydrogen (secondary N) is 2. The largest absolute Gasteiger partial charge is 0.417 e. The van der Waals surface area contributed by atoms with Crippen molar-refractivity contribution in [3.8, 4) is 0 Å². The Balaban J connectivity index is 1.88. The molecule has 122 valence electrons. The fourth-order valence-corrected chi connectivity index (χ4v) is 2.14. The van der Waals surface area contributed by atoms with E-state index < -0.39 is 11.7 Å². The molecule has 0 saturated heterocycles. The molecule has 0 aliphatic rings. The number of hydrogen-bond acceptors (Lipinski definition) is 2. The molecule has 0 heterocycles. The number of carbonyl (C=O) groups is 1. The molecule has 0 aliphatic carbocycles. The Kier molecular flexibility index (Phi) is 5.50. The maximum atomic E-state index is 12.7. The molecule has 0 unspecified atom stereocenters. The molecule has 2 rings (SSSR count). The lowest BCUT2D eigenvalue weighted by Gasteiger charge is -2.12. The summed E-state index contributed by atoms with van der Waals surface area (Å²) in [5, 5.41) is 5.12. The van der Waals surface area contributed by atoms with Crippen molar-refractivity contribution >= 4 is 28.9 Å². The number of anilines is 2. The lowest BCUT2D eigenvalue weighted by atomic mass is 10.2. The molecule has 7 heteroatoms. The van der Waals surface area contributed by atoms with Gasteiger partial charge >= 0.3 is 6.18 Å². The fraction of sp³-hybridized carbons (Fsp3) is 0.188. The number of amides is 1. The lowest BCUT2D eigenvalue weighted by molar-refractivity contribution is -0.137. The number of benzene rings is 2. The quantitative estimate of drug-likeness (QED) is 0.819. The molecule has 0 saturated carbocycles. The number of rotatable bonds is 5. The van der Waals surface area contributed by atoms with Gasteiger partial charge in [-0.05, 0) is 30.3 Å². The number of hydrogen-bond donors (Lipinski definition) is 2. The van der Waals surface area contributed by atoms with Gasteiger partial charge in [-0.1, -0.05) is 29.8 Å². The van der Waals surface area contributed by atoms with Crippen molar-refractivity contribution in [2.75, 3.05) is 17.2 Å². The summed E-state index contributed by atoms with van der Waals surface area (Å²) in [6.07, 6.45) is -4.39. The summed E-state index contributed by atoms with van der Waals surface area (Å²) in [6.45, 7) is 0.206. The van der Waals surface area contributed by atoms with Crippen LogP contribution >= 0.6 is 11.6 Å². The van der Waals surface area contributed by atoms with Crippen molar-refractivity contribution in [2.45, 2.75) is 12.6 Å². The predicted molar refractivity (Wildman–Crippen MR) is 84.6 cm³/mol. The van der Waals surface area contributed by atoms with Gasteiger partial charge in [0.15, 0.2) is 0 Å². The molecule has 2 aromatic rings. The molecule has 0 atom stereocenters. The Morgan fingerprint density at radius 2 is 1.74 bits per heavy atom. The third-order valence-electron chi connectivity index (χ3n) is 3.01. The molecule has 0 aliphatic heterocycles. The molecule has 1 amide bonds. The van der Waals surface area contributed by atoms with E-state index in [-0.39, 0.29) is 29.6 Å². The lowest BCUT2D eigenvalue weighted by Crippen LogP contribution is -2.16. The molecular weight excluding hydrogens is 329 g/mol. The van der Waals surface area contributed by atoms with Gasteiger partial charge in [0.05, 0.1) is 10.6 Å². The monoisotopic (exact) mass is 342 g/mol. The average molecular weight is 343 g/mol. The van der Waals surface area contributed by atoms with Crippen LogP contribution in [0.2, 0.25) is 5.02 Å². The highest BCUT2D eigenvalue weighted by Crippen LogP contribution is 2.36. The predicted octanol–water partition coefficient (Wildman–Crippen LogP) is 4.80. The van der Waals surface area contributed by atoms with Crippen molar-refractivity contribution in [3.63, 3.8) is 0 Å². The van der Waals surface area contributed by atoms with E-state index in [1.165, 1.54) is 12.1 Å². The average Bonchev–Trinajstić information content (AvgIpc) is 2.49. The smallest absolute Gasteiger partial charge is 0.385 e. The van der Waals surface area contributed by atoms with Crippen LogP contribution in [0.1, 0.15) is 12.0 Å². The van der Waals surface area contributed by atoms with Crippen molar-refractivity contribution in [2.24, 2.45) is 0 Å². The number of carbonyl (C=O) groups excluding carboxylic acids is 1. The minimum Gasteiger partial charge on any atom is -0.385 e. The van der Waals surface area contributed by atoms with Crippen molar-refractivity contribution in [3.05, 3.63) is 59.1 Å². The minimum absolute atomic E-state index is 0.124. The van der Waals surface area contributed by atoms with E-state index in [4.69, 9.17) is 11.6 Å². The molecule has 0 spiro atoms. The Bertz CT molecular complexity index is 675. The van der Waals surface area contributed by atoms with E-state index in [1.807, 2.05) is 6.07 Å². The van der Waals surface area contributed by atoms with Gasteiger partial charge in [-0.3, -0.25) is 4.79 Å². The maximum Gasteiger partial charge on any atom is 0.417 e. The topological polar surface area (TPSA) is 41.1 Å². The molecule has 0 bridgehead atoms. The van der Waals surface area contributed by atoms with Crippen LogP contribution in [0.3, 0.4) is 0 Å². The van der Waals surface area contributed by atoms with Gasteiger partial charge in [-0.15, -0.1) is 0 Å². The molecular formula is C16H14ClF3N2O. The molecule has 3 nitrogen and oxygen atoms in total. The van der Waals surface area contributed by atoms with Crippen LogP contribution in [0, 0.1) is 0 Å². The van der Waals surface area contributed by atoms with Gasteiger partial charge in [-0.2, -0.15) is 13.2 Å². The van der Waals surface area contributed by atoms with Gasteiger partial charge in [0.1, 0.15) is 0 Å². The zero-order valence-corrected chi connectivity index (χ0v) is 12.7. The first kappa shape index (κ1) is 17.1. The van der Waals surface area contributed by atoms with E-state index in [2.05, 4.69) is 10.6 Å². The molecule has 0 fully saturated rings. The Morgan fingerprint density at radius 1 is 1.04 bits per heavy atom. The summed E-state index contributed by atoms with van der Waals surface area (Å²) in [7, 11) is 0. The first-order chi connectivity index (χ1) is 10.9. The van der Waals surface area contributed by atoms with Gasteiger partial charge in [0, 0.05) is 24.3 Å². The van der Waals surface area contributed by atoms with E-state index >= 15 is 0 Å². The van der Waals surface area contributed by atoms with Crippen LogP contribution in [0.5, 0.6) is 0 Å². The van der Waals surface area contributed by atoms with E-state index in [0.29, 0.717) is 5.69 Å². The SMILES string of the molecule is O=C(CCNc1ccc(Cl)c(C(F)(F)F)c1)Nc1ccccc1. The zero-order chi connectivity index (χ0) is 16.9. The summed E-state index contributed by atoms with van der Waals surface area (Å²) in [5.41, 5.74) is 0.0236. The highest BCUT2D eigenvalue weighted by atomic mass is 35.5.